The van der Waals surface area contributed by atoms with Crippen molar-refractivity contribution >= 4 is 5.97 Å². The highest BCUT2D eigenvalue weighted by Crippen LogP contribution is 2.41. The Bertz CT molecular complexity index is 435. The fourth-order valence-electron chi connectivity index (χ4n) is 2.81. The first-order chi connectivity index (χ1) is 9.05. The Morgan fingerprint density at radius 2 is 1.84 bits per heavy atom. The number of hydrogen-bond acceptors (Lipinski definition) is 2. The SMILES string of the molecule is CCc1ccc(CN(C)CC2(C(=O)O)CCC2)cc1. The summed E-state index contributed by atoms with van der Waals surface area (Å²) in [5.41, 5.74) is 2.10. The minimum Gasteiger partial charge on any atom is -0.481 e. The summed E-state index contributed by atoms with van der Waals surface area (Å²) in [6.07, 6.45) is 3.74. The average Bonchev–Trinajstić information content (AvgIpc) is 2.34. The molecule has 1 aromatic rings. The predicted octanol–water partition coefficient (Wildman–Crippen LogP) is 2.94. The summed E-state index contributed by atoms with van der Waals surface area (Å²) in [7, 11) is 2.01. The maximum Gasteiger partial charge on any atom is 0.310 e. The van der Waals surface area contributed by atoms with Crippen LogP contribution in [0.3, 0.4) is 0 Å². The van der Waals surface area contributed by atoms with Crippen LogP contribution < -0.4 is 0 Å². The van der Waals surface area contributed by atoms with Gasteiger partial charge in [-0.15, -0.1) is 0 Å². The first-order valence-corrected chi connectivity index (χ1v) is 7.05. The summed E-state index contributed by atoms with van der Waals surface area (Å²) in [5.74, 6) is -0.632. The van der Waals surface area contributed by atoms with Crippen LogP contribution in [0.2, 0.25) is 0 Å². The molecule has 0 radical (unpaired) electrons. The van der Waals surface area contributed by atoms with E-state index in [2.05, 4.69) is 36.1 Å². The Morgan fingerprint density at radius 1 is 1.26 bits per heavy atom. The van der Waals surface area contributed by atoms with Crippen molar-refractivity contribution < 1.29 is 9.90 Å². The molecule has 0 unspecified atom stereocenters. The molecule has 0 amide bonds. The summed E-state index contributed by atoms with van der Waals surface area (Å²) in [6.45, 7) is 3.62. The Hall–Kier alpha value is -1.35. The van der Waals surface area contributed by atoms with Crippen LogP contribution in [0, 0.1) is 5.41 Å². The summed E-state index contributed by atoms with van der Waals surface area (Å²) in [4.78, 5) is 13.5. The van der Waals surface area contributed by atoms with Gasteiger partial charge in [-0.2, -0.15) is 0 Å². The van der Waals surface area contributed by atoms with E-state index in [1.54, 1.807) is 0 Å². The molecule has 1 aromatic carbocycles. The van der Waals surface area contributed by atoms with E-state index in [9.17, 15) is 9.90 Å². The highest BCUT2D eigenvalue weighted by Gasteiger charge is 2.44. The molecule has 3 nitrogen and oxygen atoms in total. The van der Waals surface area contributed by atoms with E-state index in [0.717, 1.165) is 32.2 Å². The zero-order valence-electron chi connectivity index (χ0n) is 11.9. The lowest BCUT2D eigenvalue weighted by molar-refractivity contribution is -0.156. The number of benzene rings is 1. The average molecular weight is 261 g/mol. The van der Waals surface area contributed by atoms with Crippen LogP contribution in [0.25, 0.3) is 0 Å². The summed E-state index contributed by atoms with van der Waals surface area (Å²) in [5, 5.41) is 9.34. The number of carboxylic acids is 1. The van der Waals surface area contributed by atoms with Crippen LogP contribution in [-0.4, -0.2) is 29.6 Å². The van der Waals surface area contributed by atoms with E-state index in [0.29, 0.717) is 6.54 Å². The lowest BCUT2D eigenvalue weighted by Crippen LogP contribution is -2.46. The molecule has 1 N–H and O–H groups in total. The molecule has 19 heavy (non-hydrogen) atoms. The van der Waals surface area contributed by atoms with Gasteiger partial charge in [0.25, 0.3) is 0 Å². The van der Waals surface area contributed by atoms with Crippen LogP contribution in [0.5, 0.6) is 0 Å². The molecule has 0 aliphatic heterocycles. The second-order valence-electron chi connectivity index (χ2n) is 5.78. The normalized spacial score (nSPS) is 17.2. The van der Waals surface area contributed by atoms with Gasteiger partial charge >= 0.3 is 5.97 Å². The quantitative estimate of drug-likeness (QED) is 0.856. The van der Waals surface area contributed by atoms with Crippen LogP contribution in [0.4, 0.5) is 0 Å². The number of aliphatic carboxylic acids is 1. The minimum atomic E-state index is -0.632. The fourth-order valence-corrected chi connectivity index (χ4v) is 2.81. The van der Waals surface area contributed by atoms with Gasteiger partial charge in [-0.25, -0.2) is 0 Å². The van der Waals surface area contributed by atoms with E-state index in [1.165, 1.54) is 11.1 Å². The number of rotatable bonds is 6. The molecule has 0 spiro atoms. The number of nitrogens with zero attached hydrogens (tertiary/aromatic N) is 1. The molecule has 2 rings (SSSR count). The van der Waals surface area contributed by atoms with E-state index in [-0.39, 0.29) is 0 Å². The molecule has 104 valence electrons. The van der Waals surface area contributed by atoms with E-state index < -0.39 is 11.4 Å². The molecule has 1 saturated carbocycles. The molecular formula is C16H23NO2. The van der Waals surface area contributed by atoms with Gasteiger partial charge in [0.05, 0.1) is 5.41 Å². The molecule has 0 atom stereocenters. The Labute approximate surface area is 115 Å². The summed E-state index contributed by atoms with van der Waals surface area (Å²) < 4.78 is 0. The maximum atomic E-state index is 11.3. The molecule has 3 heteroatoms. The highest BCUT2D eigenvalue weighted by atomic mass is 16.4. The van der Waals surface area contributed by atoms with Crippen molar-refractivity contribution in [3.8, 4) is 0 Å². The van der Waals surface area contributed by atoms with Gasteiger partial charge in [-0.05, 0) is 37.4 Å². The van der Waals surface area contributed by atoms with E-state index in [1.807, 2.05) is 7.05 Å². The lowest BCUT2D eigenvalue weighted by Gasteiger charge is -2.40. The van der Waals surface area contributed by atoms with E-state index in [4.69, 9.17) is 0 Å². The van der Waals surface area contributed by atoms with Gasteiger partial charge in [0.1, 0.15) is 0 Å². The molecule has 1 fully saturated rings. The van der Waals surface area contributed by atoms with Crippen molar-refractivity contribution in [1.82, 2.24) is 4.90 Å². The smallest absolute Gasteiger partial charge is 0.310 e. The van der Waals surface area contributed by atoms with Crippen molar-refractivity contribution in [2.45, 2.75) is 39.2 Å². The maximum absolute atomic E-state index is 11.3. The van der Waals surface area contributed by atoms with Crippen LogP contribution in [0.1, 0.15) is 37.3 Å². The third-order valence-electron chi connectivity index (χ3n) is 4.22. The number of hydrogen-bond donors (Lipinski definition) is 1. The van der Waals surface area contributed by atoms with Gasteiger partial charge in [0, 0.05) is 13.1 Å². The Morgan fingerprint density at radius 3 is 2.26 bits per heavy atom. The highest BCUT2D eigenvalue weighted by molar-refractivity contribution is 5.76. The van der Waals surface area contributed by atoms with Gasteiger partial charge < -0.3 is 10.0 Å². The largest absolute Gasteiger partial charge is 0.481 e. The van der Waals surface area contributed by atoms with Gasteiger partial charge in [-0.1, -0.05) is 37.6 Å². The van der Waals surface area contributed by atoms with Gasteiger partial charge in [0.2, 0.25) is 0 Å². The number of aryl methyl sites for hydroxylation is 1. The topological polar surface area (TPSA) is 40.5 Å². The molecule has 0 bridgehead atoms. The first kappa shape index (κ1) is 14.1. The molecule has 0 heterocycles. The Balaban J connectivity index is 1.93. The monoisotopic (exact) mass is 261 g/mol. The second-order valence-corrected chi connectivity index (χ2v) is 5.78. The molecule has 1 aliphatic carbocycles. The van der Waals surface area contributed by atoms with Crippen LogP contribution in [-0.2, 0) is 17.8 Å². The zero-order valence-corrected chi connectivity index (χ0v) is 11.9. The van der Waals surface area contributed by atoms with Crippen LogP contribution in [0.15, 0.2) is 24.3 Å². The van der Waals surface area contributed by atoms with Crippen molar-refractivity contribution in [3.63, 3.8) is 0 Å². The summed E-state index contributed by atoms with van der Waals surface area (Å²) >= 11 is 0. The third kappa shape index (κ3) is 3.16. The third-order valence-corrected chi connectivity index (χ3v) is 4.22. The second kappa shape index (κ2) is 5.74. The molecule has 1 aliphatic rings. The standard InChI is InChI=1S/C16H23NO2/c1-3-13-5-7-14(8-6-13)11-17(2)12-16(15(18)19)9-4-10-16/h5-8H,3-4,9-12H2,1-2H3,(H,18,19). The first-order valence-electron chi connectivity index (χ1n) is 7.05. The van der Waals surface area contributed by atoms with Crippen molar-refractivity contribution in [2.24, 2.45) is 5.41 Å². The number of carboxylic acid groups (broad SMARTS) is 1. The zero-order chi connectivity index (χ0) is 13.9. The molecule has 0 aromatic heterocycles. The number of carbonyl (C=O) groups is 1. The Kier molecular flexibility index (Phi) is 4.25. The minimum absolute atomic E-state index is 0.488. The molecular weight excluding hydrogens is 238 g/mol. The fraction of sp³-hybridized carbons (Fsp3) is 0.562. The van der Waals surface area contributed by atoms with Crippen LogP contribution >= 0.6 is 0 Å². The van der Waals surface area contributed by atoms with E-state index >= 15 is 0 Å². The summed E-state index contributed by atoms with van der Waals surface area (Å²) in [6, 6.07) is 8.59. The predicted molar refractivity (Wildman–Crippen MR) is 76.1 cm³/mol. The van der Waals surface area contributed by atoms with Crippen molar-refractivity contribution in [1.29, 1.82) is 0 Å². The lowest BCUT2D eigenvalue weighted by atomic mass is 9.68. The van der Waals surface area contributed by atoms with Gasteiger partial charge in [0.15, 0.2) is 0 Å². The van der Waals surface area contributed by atoms with Crippen molar-refractivity contribution in [3.05, 3.63) is 35.4 Å². The van der Waals surface area contributed by atoms with Gasteiger partial charge in [-0.3, -0.25) is 4.79 Å². The molecule has 0 saturated heterocycles. The van der Waals surface area contributed by atoms with Crippen molar-refractivity contribution in [2.75, 3.05) is 13.6 Å².